The fourth-order valence-corrected chi connectivity index (χ4v) is 5.32. The number of hydrogen-bond donors (Lipinski definition) is 1. The van der Waals surface area contributed by atoms with E-state index in [1.165, 1.54) is 11.8 Å². The summed E-state index contributed by atoms with van der Waals surface area (Å²) in [5.41, 5.74) is 2.25. The lowest BCUT2D eigenvalue weighted by molar-refractivity contribution is -0.126. The van der Waals surface area contributed by atoms with E-state index in [-0.39, 0.29) is 17.4 Å². The van der Waals surface area contributed by atoms with E-state index in [9.17, 15) is 14.4 Å². The molecule has 4 aromatic rings. The Morgan fingerprint density at radius 1 is 0.972 bits per heavy atom. The molecule has 1 N–H and O–H groups in total. The standard InChI is InChI=1S/C28H26N4O3S/c1-17-13-15-19(16-14-17)31-25(34)20-9-5-6-10-21(20)30-27(31)36-18(2)24(33)32-23-12-8-7-11-22(23)29-26(35)28(32,3)4/h5-16,18H,1-4H3,(H,29,35). The summed E-state index contributed by atoms with van der Waals surface area (Å²) in [6, 6.07) is 22.1. The number of hydrogen-bond acceptors (Lipinski definition) is 5. The molecule has 0 fully saturated rings. The summed E-state index contributed by atoms with van der Waals surface area (Å²) in [5.74, 6) is -0.502. The normalized spacial score (nSPS) is 15.3. The van der Waals surface area contributed by atoms with Crippen LogP contribution in [-0.4, -0.2) is 32.2 Å². The molecule has 7 nitrogen and oxygen atoms in total. The average molecular weight is 499 g/mol. The minimum atomic E-state index is -1.09. The van der Waals surface area contributed by atoms with Crippen LogP contribution in [0.3, 0.4) is 0 Å². The molecule has 182 valence electrons. The number of anilines is 2. The van der Waals surface area contributed by atoms with Crippen molar-refractivity contribution in [2.24, 2.45) is 0 Å². The fourth-order valence-electron chi connectivity index (χ4n) is 4.35. The highest BCUT2D eigenvalue weighted by Gasteiger charge is 2.45. The van der Waals surface area contributed by atoms with Crippen LogP contribution in [0.1, 0.15) is 26.3 Å². The lowest BCUT2D eigenvalue weighted by Gasteiger charge is -2.43. The predicted molar refractivity (Wildman–Crippen MR) is 144 cm³/mol. The van der Waals surface area contributed by atoms with Crippen LogP contribution in [0.2, 0.25) is 0 Å². The molecule has 1 aliphatic rings. The smallest absolute Gasteiger partial charge is 0.266 e. The Balaban J connectivity index is 1.59. The summed E-state index contributed by atoms with van der Waals surface area (Å²) in [4.78, 5) is 46.6. The largest absolute Gasteiger partial charge is 0.322 e. The molecule has 0 bridgehead atoms. The first-order valence-corrected chi connectivity index (χ1v) is 12.6. The number of thioether (sulfide) groups is 1. The zero-order valence-corrected chi connectivity index (χ0v) is 21.3. The van der Waals surface area contributed by atoms with Gasteiger partial charge in [0.05, 0.1) is 33.2 Å². The Morgan fingerprint density at radius 3 is 2.39 bits per heavy atom. The first kappa shape index (κ1) is 23.8. The van der Waals surface area contributed by atoms with Gasteiger partial charge in [-0.15, -0.1) is 0 Å². The minimum Gasteiger partial charge on any atom is -0.322 e. The van der Waals surface area contributed by atoms with E-state index in [2.05, 4.69) is 5.32 Å². The van der Waals surface area contributed by atoms with E-state index in [4.69, 9.17) is 4.98 Å². The second-order valence-corrected chi connectivity index (χ2v) is 10.7. The number of aromatic nitrogens is 2. The number of nitrogens with zero attached hydrogens (tertiary/aromatic N) is 3. The van der Waals surface area contributed by atoms with Crippen LogP contribution < -0.4 is 15.8 Å². The molecule has 0 aliphatic carbocycles. The number of carbonyl (C=O) groups excluding carboxylic acids is 2. The third kappa shape index (κ3) is 3.97. The monoisotopic (exact) mass is 498 g/mol. The van der Waals surface area contributed by atoms with E-state index in [0.717, 1.165) is 5.56 Å². The van der Waals surface area contributed by atoms with Gasteiger partial charge in [-0.05, 0) is 64.1 Å². The van der Waals surface area contributed by atoms with Crippen molar-refractivity contribution in [2.75, 3.05) is 10.2 Å². The number of fused-ring (bicyclic) bond motifs is 2. The number of nitrogens with one attached hydrogen (secondary N) is 1. The van der Waals surface area contributed by atoms with E-state index < -0.39 is 10.8 Å². The summed E-state index contributed by atoms with van der Waals surface area (Å²) >= 11 is 1.21. The molecular formula is C28H26N4O3S. The molecule has 2 amide bonds. The molecule has 0 spiro atoms. The first-order chi connectivity index (χ1) is 17.2. The average Bonchev–Trinajstić information content (AvgIpc) is 2.85. The molecule has 1 aromatic heterocycles. The number of para-hydroxylation sites is 3. The SMILES string of the molecule is Cc1ccc(-n2c(SC(C)C(=O)N3c4ccccc4NC(=O)C3(C)C)nc3ccccc3c2=O)cc1. The van der Waals surface area contributed by atoms with Crippen molar-refractivity contribution in [3.63, 3.8) is 0 Å². The van der Waals surface area contributed by atoms with Crippen LogP contribution in [-0.2, 0) is 9.59 Å². The van der Waals surface area contributed by atoms with Crippen molar-refractivity contribution in [3.05, 3.63) is 88.7 Å². The highest BCUT2D eigenvalue weighted by atomic mass is 32.2. The topological polar surface area (TPSA) is 84.3 Å². The van der Waals surface area contributed by atoms with Gasteiger partial charge < -0.3 is 5.32 Å². The number of rotatable bonds is 4. The van der Waals surface area contributed by atoms with E-state index in [0.29, 0.717) is 33.1 Å². The van der Waals surface area contributed by atoms with Gasteiger partial charge in [0.15, 0.2) is 5.16 Å². The van der Waals surface area contributed by atoms with E-state index >= 15 is 0 Å². The van der Waals surface area contributed by atoms with Crippen LogP contribution >= 0.6 is 11.8 Å². The maximum Gasteiger partial charge on any atom is 0.266 e. The molecule has 8 heteroatoms. The molecule has 1 atom stereocenters. The van der Waals surface area contributed by atoms with Gasteiger partial charge in [-0.25, -0.2) is 4.98 Å². The third-order valence-corrected chi connectivity index (χ3v) is 7.44. The highest BCUT2D eigenvalue weighted by Crippen LogP contribution is 2.38. The summed E-state index contributed by atoms with van der Waals surface area (Å²) in [7, 11) is 0. The lowest BCUT2D eigenvalue weighted by Crippen LogP contribution is -2.60. The van der Waals surface area contributed by atoms with Gasteiger partial charge >= 0.3 is 0 Å². The summed E-state index contributed by atoms with van der Waals surface area (Å²) in [6.07, 6.45) is 0. The molecule has 0 radical (unpaired) electrons. The molecule has 2 heterocycles. The van der Waals surface area contributed by atoms with Crippen LogP contribution in [0.4, 0.5) is 11.4 Å². The Labute approximate surface area is 213 Å². The van der Waals surface area contributed by atoms with Crippen molar-refractivity contribution in [1.82, 2.24) is 9.55 Å². The number of amides is 2. The van der Waals surface area contributed by atoms with Crippen LogP contribution in [0.5, 0.6) is 0 Å². The maximum absolute atomic E-state index is 13.9. The molecule has 1 unspecified atom stereocenters. The van der Waals surface area contributed by atoms with Crippen molar-refractivity contribution in [1.29, 1.82) is 0 Å². The lowest BCUT2D eigenvalue weighted by atomic mass is 9.96. The first-order valence-electron chi connectivity index (χ1n) is 11.7. The zero-order valence-electron chi connectivity index (χ0n) is 20.5. The quantitative estimate of drug-likeness (QED) is 0.318. The van der Waals surface area contributed by atoms with E-state index in [1.807, 2.05) is 61.5 Å². The second-order valence-electron chi connectivity index (χ2n) is 9.35. The molecule has 0 saturated heterocycles. The van der Waals surface area contributed by atoms with Crippen molar-refractivity contribution in [2.45, 2.75) is 43.6 Å². The van der Waals surface area contributed by atoms with Gasteiger partial charge in [0, 0.05) is 0 Å². The van der Waals surface area contributed by atoms with Gasteiger partial charge in [-0.3, -0.25) is 23.9 Å². The van der Waals surface area contributed by atoms with Gasteiger partial charge in [0.1, 0.15) is 5.54 Å². The minimum absolute atomic E-state index is 0.199. The van der Waals surface area contributed by atoms with Crippen LogP contribution in [0.15, 0.2) is 82.7 Å². The summed E-state index contributed by atoms with van der Waals surface area (Å²) < 4.78 is 1.55. The predicted octanol–water partition coefficient (Wildman–Crippen LogP) is 4.94. The van der Waals surface area contributed by atoms with Gasteiger partial charge in [0.2, 0.25) is 11.8 Å². The van der Waals surface area contributed by atoms with Gasteiger partial charge in [0.25, 0.3) is 5.56 Å². The van der Waals surface area contributed by atoms with Crippen LogP contribution in [0, 0.1) is 6.92 Å². The summed E-state index contributed by atoms with van der Waals surface area (Å²) in [5, 5.41) is 3.17. The second kappa shape index (κ2) is 8.95. The Morgan fingerprint density at radius 2 is 1.64 bits per heavy atom. The molecule has 1 aliphatic heterocycles. The number of carbonyl (C=O) groups is 2. The molecule has 36 heavy (non-hydrogen) atoms. The van der Waals surface area contributed by atoms with Gasteiger partial charge in [-0.2, -0.15) is 0 Å². The molecular weight excluding hydrogens is 472 g/mol. The Bertz CT molecular complexity index is 1560. The Kier molecular flexibility index (Phi) is 5.92. The van der Waals surface area contributed by atoms with Crippen molar-refractivity contribution < 1.29 is 9.59 Å². The molecule has 0 saturated carbocycles. The fraction of sp³-hybridized carbons (Fsp3) is 0.214. The third-order valence-electron chi connectivity index (χ3n) is 6.40. The zero-order chi connectivity index (χ0) is 25.6. The van der Waals surface area contributed by atoms with E-state index in [1.54, 1.807) is 48.4 Å². The van der Waals surface area contributed by atoms with Gasteiger partial charge in [-0.1, -0.05) is 53.7 Å². The number of benzene rings is 3. The maximum atomic E-state index is 13.9. The number of aryl methyl sites for hydroxylation is 1. The summed E-state index contributed by atoms with van der Waals surface area (Å²) in [6.45, 7) is 7.21. The molecule has 3 aromatic carbocycles. The van der Waals surface area contributed by atoms with Crippen molar-refractivity contribution in [3.8, 4) is 5.69 Å². The Hall–Kier alpha value is -3.91. The highest BCUT2D eigenvalue weighted by molar-refractivity contribution is 8.00. The van der Waals surface area contributed by atoms with Crippen LogP contribution in [0.25, 0.3) is 16.6 Å². The molecule has 5 rings (SSSR count). The van der Waals surface area contributed by atoms with Crippen molar-refractivity contribution >= 4 is 45.9 Å².